The third-order valence-electron chi connectivity index (χ3n) is 4.64. The van der Waals surface area contributed by atoms with E-state index in [-0.39, 0.29) is 12.5 Å². The van der Waals surface area contributed by atoms with Gasteiger partial charge in [-0.3, -0.25) is 9.69 Å². The Labute approximate surface area is 162 Å². The van der Waals surface area contributed by atoms with Gasteiger partial charge in [-0.2, -0.15) is 0 Å². The van der Waals surface area contributed by atoms with Crippen molar-refractivity contribution in [2.75, 3.05) is 67.1 Å². The molecule has 152 valence electrons. The number of furan rings is 1. The van der Waals surface area contributed by atoms with Gasteiger partial charge in [0.25, 0.3) is 0 Å². The van der Waals surface area contributed by atoms with Crippen LogP contribution in [0.25, 0.3) is 0 Å². The highest BCUT2D eigenvalue weighted by Gasteiger charge is 2.13. The van der Waals surface area contributed by atoms with E-state index in [0.29, 0.717) is 6.54 Å². The molecule has 8 heteroatoms. The number of nitrogens with zero attached hydrogens (tertiary/aromatic N) is 4. The lowest BCUT2D eigenvalue weighted by Gasteiger charge is -2.27. The van der Waals surface area contributed by atoms with Gasteiger partial charge in [-0.15, -0.1) is 0 Å². The number of ether oxygens (including phenoxy) is 1. The van der Waals surface area contributed by atoms with Crippen molar-refractivity contribution in [1.82, 2.24) is 20.0 Å². The summed E-state index contributed by atoms with van der Waals surface area (Å²) in [5.41, 5.74) is 1.11. The summed E-state index contributed by atoms with van der Waals surface area (Å²) in [5, 5.41) is 3.40. The second-order valence-corrected chi connectivity index (χ2v) is 7.02. The number of morpholine rings is 1. The van der Waals surface area contributed by atoms with Gasteiger partial charge in [-0.1, -0.05) is 0 Å². The number of hydrogen-bond donors (Lipinski definition) is 1. The summed E-state index contributed by atoms with van der Waals surface area (Å²) in [6, 6.07) is 1.97. The zero-order valence-corrected chi connectivity index (χ0v) is 17.0. The van der Waals surface area contributed by atoms with E-state index in [9.17, 15) is 4.79 Å². The number of aryl methyl sites for hydroxylation is 1. The minimum absolute atomic E-state index is 0.0180. The molecule has 2 rings (SSSR count). The molecule has 1 aliphatic rings. The molecule has 0 atom stereocenters. The Morgan fingerprint density at radius 3 is 2.67 bits per heavy atom. The molecule has 27 heavy (non-hydrogen) atoms. The Kier molecular flexibility index (Phi) is 8.60. The van der Waals surface area contributed by atoms with Gasteiger partial charge in [-0.05, 0) is 26.0 Å². The van der Waals surface area contributed by atoms with E-state index < -0.39 is 0 Å². The number of amides is 1. The quantitative estimate of drug-likeness (QED) is 0.409. The summed E-state index contributed by atoms with van der Waals surface area (Å²) in [5.74, 6) is 1.61. The first kappa shape index (κ1) is 21.2. The standard InChI is InChI=1S/C19H33N5O3/c1-16-17(6-11-27-16)15-23(4)19(21-14-18(25)22(2)3)20-7-5-8-24-9-12-26-13-10-24/h6,11H,5,7-10,12-15H2,1-4H3,(H,20,21). The molecule has 1 amide bonds. The van der Waals surface area contributed by atoms with Crippen LogP contribution in [0, 0.1) is 6.92 Å². The Bertz CT molecular complexity index is 608. The first-order valence-corrected chi connectivity index (χ1v) is 9.50. The lowest BCUT2D eigenvalue weighted by atomic mass is 10.2. The van der Waals surface area contributed by atoms with Crippen LogP contribution in [0.5, 0.6) is 0 Å². The maximum atomic E-state index is 11.9. The topological polar surface area (TPSA) is 73.6 Å². The van der Waals surface area contributed by atoms with E-state index in [2.05, 4.69) is 15.2 Å². The van der Waals surface area contributed by atoms with E-state index in [4.69, 9.17) is 9.15 Å². The predicted molar refractivity (Wildman–Crippen MR) is 106 cm³/mol. The van der Waals surface area contributed by atoms with Crippen molar-refractivity contribution in [1.29, 1.82) is 0 Å². The van der Waals surface area contributed by atoms with Crippen molar-refractivity contribution < 1.29 is 13.9 Å². The van der Waals surface area contributed by atoms with Gasteiger partial charge >= 0.3 is 0 Å². The summed E-state index contributed by atoms with van der Waals surface area (Å²) in [7, 11) is 5.46. The number of aliphatic imine (C=N–C) groups is 1. The minimum atomic E-state index is -0.0180. The highest BCUT2D eigenvalue weighted by molar-refractivity contribution is 5.84. The second-order valence-electron chi connectivity index (χ2n) is 7.02. The molecule has 0 saturated carbocycles. The van der Waals surface area contributed by atoms with Gasteiger partial charge < -0.3 is 24.3 Å². The normalized spacial score (nSPS) is 15.6. The van der Waals surface area contributed by atoms with Crippen molar-refractivity contribution in [3.05, 3.63) is 23.7 Å². The molecule has 1 aliphatic heterocycles. The van der Waals surface area contributed by atoms with E-state index in [0.717, 1.165) is 63.1 Å². The van der Waals surface area contributed by atoms with Crippen LogP contribution in [0.4, 0.5) is 0 Å². The van der Waals surface area contributed by atoms with Gasteiger partial charge in [0.05, 0.1) is 19.5 Å². The fraction of sp³-hybridized carbons (Fsp3) is 0.684. The summed E-state index contributed by atoms with van der Waals surface area (Å²) < 4.78 is 10.8. The molecular formula is C19H33N5O3. The van der Waals surface area contributed by atoms with Crippen LogP contribution in [0.1, 0.15) is 17.7 Å². The van der Waals surface area contributed by atoms with Crippen LogP contribution in [0.2, 0.25) is 0 Å². The Morgan fingerprint density at radius 2 is 2.04 bits per heavy atom. The van der Waals surface area contributed by atoms with Crippen molar-refractivity contribution >= 4 is 11.9 Å². The minimum Gasteiger partial charge on any atom is -0.469 e. The maximum Gasteiger partial charge on any atom is 0.243 e. The van der Waals surface area contributed by atoms with E-state index in [1.54, 1.807) is 25.3 Å². The van der Waals surface area contributed by atoms with Gasteiger partial charge in [0, 0.05) is 52.9 Å². The molecule has 1 N–H and O–H groups in total. The van der Waals surface area contributed by atoms with Gasteiger partial charge in [-0.25, -0.2) is 4.99 Å². The molecule has 1 aromatic heterocycles. The smallest absolute Gasteiger partial charge is 0.243 e. The highest BCUT2D eigenvalue weighted by Crippen LogP contribution is 2.11. The predicted octanol–water partition coefficient (Wildman–Crippen LogP) is 0.776. The first-order chi connectivity index (χ1) is 13.0. The summed E-state index contributed by atoms with van der Waals surface area (Å²) in [4.78, 5) is 22.4. The van der Waals surface area contributed by atoms with Crippen LogP contribution in [-0.2, 0) is 16.1 Å². The Balaban J connectivity index is 1.88. The maximum absolute atomic E-state index is 11.9. The molecule has 1 saturated heterocycles. The second kappa shape index (κ2) is 10.9. The lowest BCUT2D eigenvalue weighted by molar-refractivity contribution is -0.127. The molecule has 0 unspecified atom stereocenters. The van der Waals surface area contributed by atoms with Gasteiger partial charge in [0.15, 0.2) is 5.96 Å². The monoisotopic (exact) mass is 379 g/mol. The molecule has 8 nitrogen and oxygen atoms in total. The van der Waals surface area contributed by atoms with Crippen LogP contribution in [0.15, 0.2) is 21.7 Å². The summed E-state index contributed by atoms with van der Waals surface area (Å²) in [6.45, 7) is 8.23. The Hall–Kier alpha value is -2.06. The molecule has 0 radical (unpaired) electrons. The van der Waals surface area contributed by atoms with Gasteiger partial charge in [0.1, 0.15) is 12.3 Å². The number of carbonyl (C=O) groups is 1. The summed E-state index contributed by atoms with van der Waals surface area (Å²) >= 11 is 0. The van der Waals surface area contributed by atoms with Crippen molar-refractivity contribution in [3.8, 4) is 0 Å². The van der Waals surface area contributed by atoms with E-state index >= 15 is 0 Å². The van der Waals surface area contributed by atoms with Crippen LogP contribution in [-0.4, -0.2) is 93.6 Å². The number of guanidine groups is 1. The zero-order valence-electron chi connectivity index (χ0n) is 17.0. The number of carbonyl (C=O) groups excluding carboxylic acids is 1. The summed E-state index contributed by atoms with van der Waals surface area (Å²) in [6.07, 6.45) is 2.71. The SMILES string of the molecule is Cc1occc1CN(C)C(=NCC(=O)N(C)C)NCCCN1CCOCC1. The Morgan fingerprint density at radius 1 is 1.30 bits per heavy atom. The third kappa shape index (κ3) is 7.22. The van der Waals surface area contributed by atoms with Crippen molar-refractivity contribution in [3.63, 3.8) is 0 Å². The average Bonchev–Trinajstić information content (AvgIpc) is 3.06. The van der Waals surface area contributed by atoms with Crippen LogP contribution >= 0.6 is 0 Å². The molecule has 2 heterocycles. The van der Waals surface area contributed by atoms with Crippen LogP contribution < -0.4 is 5.32 Å². The number of rotatable bonds is 8. The molecule has 1 fully saturated rings. The first-order valence-electron chi connectivity index (χ1n) is 9.50. The highest BCUT2D eigenvalue weighted by atomic mass is 16.5. The number of nitrogens with one attached hydrogen (secondary N) is 1. The molecule has 0 spiro atoms. The fourth-order valence-electron chi connectivity index (χ4n) is 2.83. The number of likely N-dealkylation sites (N-methyl/N-ethyl adjacent to an activating group) is 1. The van der Waals surface area contributed by atoms with E-state index in [1.807, 2.05) is 24.9 Å². The number of hydrogen-bond acceptors (Lipinski definition) is 5. The molecule has 1 aromatic rings. The largest absolute Gasteiger partial charge is 0.469 e. The molecule has 0 bridgehead atoms. The third-order valence-corrected chi connectivity index (χ3v) is 4.64. The van der Waals surface area contributed by atoms with E-state index in [1.165, 1.54) is 0 Å². The van der Waals surface area contributed by atoms with Gasteiger partial charge in [0.2, 0.25) is 5.91 Å². The molecule has 0 aliphatic carbocycles. The van der Waals surface area contributed by atoms with Crippen molar-refractivity contribution in [2.45, 2.75) is 19.9 Å². The average molecular weight is 380 g/mol. The molecular weight excluding hydrogens is 346 g/mol. The molecule has 0 aromatic carbocycles. The lowest BCUT2D eigenvalue weighted by Crippen LogP contribution is -2.42. The fourth-order valence-corrected chi connectivity index (χ4v) is 2.83. The van der Waals surface area contributed by atoms with Crippen molar-refractivity contribution in [2.24, 2.45) is 4.99 Å². The zero-order chi connectivity index (χ0) is 19.6. The van der Waals surface area contributed by atoms with Crippen LogP contribution in [0.3, 0.4) is 0 Å².